The molecule has 0 radical (unpaired) electrons. The predicted molar refractivity (Wildman–Crippen MR) is 110 cm³/mol. The molecule has 0 fully saturated rings. The molecular formula is C16H19N5O5S3. The normalized spacial score (nSPS) is 12.2. The summed E-state index contributed by atoms with van der Waals surface area (Å²) in [5.74, 6) is -0.646. The van der Waals surface area contributed by atoms with Gasteiger partial charge in [-0.15, -0.1) is 11.3 Å². The van der Waals surface area contributed by atoms with Crippen LogP contribution in [0.2, 0.25) is 0 Å². The van der Waals surface area contributed by atoms with E-state index in [4.69, 9.17) is 0 Å². The molecule has 13 heteroatoms. The van der Waals surface area contributed by atoms with E-state index in [2.05, 4.69) is 19.9 Å². The number of hydrogen-bond donors (Lipinski definition) is 3. The Balaban J connectivity index is 1.56. The molecule has 3 aromatic rings. The number of anilines is 1. The van der Waals surface area contributed by atoms with Crippen LogP contribution >= 0.6 is 11.3 Å². The smallest absolute Gasteiger partial charge is 0.250 e. The monoisotopic (exact) mass is 457 g/mol. The van der Waals surface area contributed by atoms with Crippen LogP contribution in [0.4, 0.5) is 5.69 Å². The van der Waals surface area contributed by atoms with Crippen LogP contribution in [0.1, 0.15) is 11.8 Å². The van der Waals surface area contributed by atoms with Gasteiger partial charge < -0.3 is 5.32 Å². The Bertz CT molecular complexity index is 1230. The molecule has 156 valence electrons. The van der Waals surface area contributed by atoms with Gasteiger partial charge in [-0.25, -0.2) is 26.1 Å². The van der Waals surface area contributed by atoms with Gasteiger partial charge in [-0.1, -0.05) is 0 Å². The van der Waals surface area contributed by atoms with E-state index >= 15 is 0 Å². The fourth-order valence-electron chi connectivity index (χ4n) is 2.41. The summed E-state index contributed by atoms with van der Waals surface area (Å²) in [7, 11) is -7.60. The maximum absolute atomic E-state index is 12.3. The highest BCUT2D eigenvalue weighted by Gasteiger charge is 2.19. The highest BCUT2D eigenvalue weighted by Crippen LogP contribution is 2.21. The first-order chi connectivity index (χ1) is 13.6. The molecule has 0 aliphatic carbocycles. The SMILES string of the molecule is CC(=O)NCc1ccc(S(=O)(=O)NCCS(=O)(=O)Nc2ccn3nccc3c2)s1. The van der Waals surface area contributed by atoms with Gasteiger partial charge in [0.15, 0.2) is 0 Å². The average molecular weight is 458 g/mol. The molecule has 3 rings (SSSR count). The number of sulfonamides is 2. The molecular weight excluding hydrogens is 438 g/mol. The highest BCUT2D eigenvalue weighted by atomic mass is 32.2. The van der Waals surface area contributed by atoms with Crippen LogP contribution in [-0.4, -0.2) is 44.7 Å². The standard InChI is InChI=1S/C16H19N5O5S3/c1-12(22)17-11-15-2-3-16(27-15)29(25,26)19-7-9-28(23,24)20-13-5-8-21-14(10-13)4-6-18-21/h2-6,8,10,19-20H,7,9,11H2,1H3,(H,17,22). The number of fused-ring (bicyclic) bond motifs is 1. The summed E-state index contributed by atoms with van der Waals surface area (Å²) < 4.78 is 55.5. The predicted octanol–water partition coefficient (Wildman–Crippen LogP) is 0.752. The molecule has 29 heavy (non-hydrogen) atoms. The topological polar surface area (TPSA) is 139 Å². The molecule has 0 aliphatic rings. The van der Waals surface area contributed by atoms with Crippen LogP contribution in [-0.2, 0) is 31.4 Å². The van der Waals surface area contributed by atoms with Crippen molar-refractivity contribution in [1.82, 2.24) is 19.7 Å². The molecule has 0 unspecified atom stereocenters. The van der Waals surface area contributed by atoms with Crippen LogP contribution in [0.5, 0.6) is 0 Å². The zero-order chi connectivity index (χ0) is 21.1. The molecule has 0 saturated carbocycles. The lowest BCUT2D eigenvalue weighted by molar-refractivity contribution is -0.119. The number of amides is 1. The van der Waals surface area contributed by atoms with E-state index in [0.29, 0.717) is 10.6 Å². The van der Waals surface area contributed by atoms with Gasteiger partial charge in [0.1, 0.15) is 4.21 Å². The minimum Gasteiger partial charge on any atom is -0.351 e. The van der Waals surface area contributed by atoms with Crippen molar-refractivity contribution in [3.05, 3.63) is 47.6 Å². The van der Waals surface area contributed by atoms with Gasteiger partial charge in [-0.2, -0.15) is 5.10 Å². The summed E-state index contributed by atoms with van der Waals surface area (Å²) >= 11 is 1.01. The first-order valence-corrected chi connectivity index (χ1v) is 12.4. The van der Waals surface area contributed by atoms with Crippen LogP contribution in [0.25, 0.3) is 5.52 Å². The maximum Gasteiger partial charge on any atom is 0.250 e. The zero-order valence-electron chi connectivity index (χ0n) is 15.3. The number of carbonyl (C=O) groups is 1. The number of aromatic nitrogens is 2. The van der Waals surface area contributed by atoms with Crippen molar-refractivity contribution in [2.24, 2.45) is 0 Å². The lowest BCUT2D eigenvalue weighted by atomic mass is 10.4. The number of carbonyl (C=O) groups excluding carboxylic acids is 1. The Labute approximate surface area is 172 Å². The molecule has 0 spiro atoms. The second kappa shape index (κ2) is 8.49. The van der Waals surface area contributed by atoms with Crippen LogP contribution < -0.4 is 14.8 Å². The van der Waals surface area contributed by atoms with E-state index in [1.165, 1.54) is 13.0 Å². The van der Waals surface area contributed by atoms with Gasteiger partial charge in [-0.3, -0.25) is 9.52 Å². The second-order valence-corrected chi connectivity index (χ2v) is 11.1. The zero-order valence-corrected chi connectivity index (χ0v) is 17.8. The molecule has 0 aromatic carbocycles. The van der Waals surface area contributed by atoms with Crippen molar-refractivity contribution in [2.75, 3.05) is 17.0 Å². The van der Waals surface area contributed by atoms with Crippen molar-refractivity contribution in [3.63, 3.8) is 0 Å². The van der Waals surface area contributed by atoms with E-state index < -0.39 is 25.8 Å². The van der Waals surface area contributed by atoms with Crippen LogP contribution in [0, 0.1) is 0 Å². The van der Waals surface area contributed by atoms with Gasteiger partial charge >= 0.3 is 0 Å². The second-order valence-electron chi connectivity index (χ2n) is 6.07. The Hall–Kier alpha value is -2.48. The Morgan fingerprint density at radius 2 is 1.97 bits per heavy atom. The van der Waals surface area contributed by atoms with Crippen LogP contribution in [0.15, 0.2) is 46.9 Å². The summed E-state index contributed by atoms with van der Waals surface area (Å²) in [5.41, 5.74) is 1.08. The van der Waals surface area contributed by atoms with Gasteiger partial charge in [0.05, 0.1) is 23.5 Å². The van der Waals surface area contributed by atoms with Crippen molar-refractivity contribution in [2.45, 2.75) is 17.7 Å². The summed E-state index contributed by atoms with van der Waals surface area (Å²) in [6.45, 7) is 1.32. The molecule has 1 amide bonds. The molecule has 3 aromatic heterocycles. The number of rotatable bonds is 9. The van der Waals surface area contributed by atoms with Gasteiger partial charge in [0.2, 0.25) is 26.0 Å². The van der Waals surface area contributed by atoms with Gasteiger partial charge in [-0.05, 0) is 30.3 Å². The summed E-state index contributed by atoms with van der Waals surface area (Å²) in [4.78, 5) is 11.6. The molecule has 0 aliphatic heterocycles. The lowest BCUT2D eigenvalue weighted by Crippen LogP contribution is -2.30. The van der Waals surface area contributed by atoms with Gasteiger partial charge in [0.25, 0.3) is 0 Å². The molecule has 0 bridgehead atoms. The summed E-state index contributed by atoms with van der Waals surface area (Å²) in [5, 5.41) is 6.61. The quantitative estimate of drug-likeness (QED) is 0.433. The lowest BCUT2D eigenvalue weighted by Gasteiger charge is -2.09. The van der Waals surface area contributed by atoms with E-state index in [1.54, 1.807) is 41.2 Å². The van der Waals surface area contributed by atoms with Crippen molar-refractivity contribution >= 4 is 48.5 Å². The molecule has 10 nitrogen and oxygen atoms in total. The number of hydrogen-bond acceptors (Lipinski definition) is 7. The van der Waals surface area contributed by atoms with E-state index in [9.17, 15) is 21.6 Å². The minimum absolute atomic E-state index is 0.0504. The maximum atomic E-state index is 12.3. The third-order valence-corrected chi connectivity index (χ3v) is 8.08. The largest absolute Gasteiger partial charge is 0.351 e. The Kier molecular flexibility index (Phi) is 6.21. The fraction of sp³-hybridized carbons (Fsp3) is 0.250. The Morgan fingerprint density at radius 1 is 1.17 bits per heavy atom. The number of pyridine rings is 1. The number of nitrogens with one attached hydrogen (secondary N) is 3. The first kappa shape index (κ1) is 21.2. The van der Waals surface area contributed by atoms with Crippen molar-refractivity contribution < 1.29 is 21.6 Å². The molecule has 3 heterocycles. The van der Waals surface area contributed by atoms with E-state index in [0.717, 1.165) is 16.9 Å². The molecule has 0 saturated heterocycles. The van der Waals surface area contributed by atoms with Crippen molar-refractivity contribution in [1.29, 1.82) is 0 Å². The van der Waals surface area contributed by atoms with Gasteiger partial charge in [0, 0.05) is 30.7 Å². The fourth-order valence-corrected chi connectivity index (χ4v) is 5.87. The highest BCUT2D eigenvalue weighted by molar-refractivity contribution is 7.93. The average Bonchev–Trinajstić information content (AvgIpc) is 3.28. The van der Waals surface area contributed by atoms with E-state index in [-0.39, 0.29) is 23.2 Å². The first-order valence-electron chi connectivity index (χ1n) is 8.41. The molecule has 0 atom stereocenters. The molecule has 3 N–H and O–H groups in total. The van der Waals surface area contributed by atoms with Crippen molar-refractivity contribution in [3.8, 4) is 0 Å². The van der Waals surface area contributed by atoms with E-state index in [1.807, 2.05) is 0 Å². The number of thiophene rings is 1. The minimum atomic E-state index is -3.84. The summed E-state index contributed by atoms with van der Waals surface area (Å²) in [6.07, 6.45) is 3.21. The Morgan fingerprint density at radius 3 is 2.72 bits per heavy atom. The number of nitrogens with zero attached hydrogens (tertiary/aromatic N) is 2. The van der Waals surface area contributed by atoms with Crippen LogP contribution in [0.3, 0.4) is 0 Å². The third-order valence-electron chi connectivity index (χ3n) is 3.75. The third kappa shape index (κ3) is 5.76. The summed E-state index contributed by atoms with van der Waals surface area (Å²) in [6, 6.07) is 7.92.